The largest absolute Gasteiger partial charge is 0.459 e. The first-order valence-corrected chi connectivity index (χ1v) is 10.6. The topological polar surface area (TPSA) is 67.3 Å². The Morgan fingerprint density at radius 2 is 2.14 bits per heavy atom. The van der Waals surface area contributed by atoms with Gasteiger partial charge in [0, 0.05) is 22.2 Å². The van der Waals surface area contributed by atoms with Crippen LogP contribution in [0, 0.1) is 0 Å². The van der Waals surface area contributed by atoms with Crippen molar-refractivity contribution in [3.63, 3.8) is 0 Å². The van der Waals surface area contributed by atoms with E-state index in [1.807, 2.05) is 24.3 Å². The van der Waals surface area contributed by atoms with Crippen LogP contribution in [0.4, 0.5) is 6.01 Å². The highest BCUT2D eigenvalue weighted by Crippen LogP contribution is 2.44. The number of furan rings is 1. The summed E-state index contributed by atoms with van der Waals surface area (Å²) in [4.78, 5) is 3.21. The fourth-order valence-electron chi connectivity index (χ4n) is 3.58. The second kappa shape index (κ2) is 7.66. The molecular weight excluding hydrogens is 396 g/mol. The van der Waals surface area contributed by atoms with Crippen LogP contribution in [-0.2, 0) is 0 Å². The number of thioether (sulfide) groups is 1. The third-order valence-electron chi connectivity index (χ3n) is 4.95. The molecule has 28 heavy (non-hydrogen) atoms. The van der Waals surface area contributed by atoms with Gasteiger partial charge in [-0.25, -0.2) is 0 Å². The van der Waals surface area contributed by atoms with E-state index in [2.05, 4.69) is 32.7 Å². The lowest BCUT2D eigenvalue weighted by atomic mass is 10.0. The number of halogens is 1. The van der Waals surface area contributed by atoms with Crippen molar-refractivity contribution < 1.29 is 8.83 Å². The van der Waals surface area contributed by atoms with Crippen LogP contribution in [0.3, 0.4) is 0 Å². The minimum atomic E-state index is 0.138. The van der Waals surface area contributed by atoms with E-state index in [9.17, 15) is 0 Å². The van der Waals surface area contributed by atoms with Crippen LogP contribution in [0.15, 0.2) is 57.7 Å². The Morgan fingerprint density at radius 3 is 2.93 bits per heavy atom. The fraction of sp³-hybridized carbons (Fsp3) is 0.300. The Hall–Kier alpha value is -2.22. The van der Waals surface area contributed by atoms with Gasteiger partial charge >= 0.3 is 6.01 Å². The van der Waals surface area contributed by atoms with Crippen molar-refractivity contribution in [3.8, 4) is 11.7 Å². The number of rotatable bonds is 4. The van der Waals surface area contributed by atoms with Crippen molar-refractivity contribution in [3.05, 3.63) is 59.4 Å². The van der Waals surface area contributed by atoms with E-state index < -0.39 is 0 Å². The summed E-state index contributed by atoms with van der Waals surface area (Å²) in [7, 11) is 0. The molecule has 1 aromatic carbocycles. The summed E-state index contributed by atoms with van der Waals surface area (Å²) in [6, 6.07) is 12.3. The number of hydrogen-bond donors (Lipinski definition) is 1. The molecule has 0 bridgehead atoms. The summed E-state index contributed by atoms with van der Waals surface area (Å²) in [6.07, 6.45) is 7.22. The van der Waals surface area contributed by atoms with Crippen molar-refractivity contribution in [2.24, 2.45) is 0 Å². The Kier molecular flexibility index (Phi) is 4.88. The molecule has 8 heteroatoms. The molecule has 0 spiro atoms. The van der Waals surface area contributed by atoms with Gasteiger partial charge in [-0.05, 0) is 49.2 Å². The first-order chi connectivity index (χ1) is 13.8. The number of piperidine rings is 1. The van der Waals surface area contributed by atoms with E-state index in [-0.39, 0.29) is 5.37 Å². The molecule has 2 atom stereocenters. The summed E-state index contributed by atoms with van der Waals surface area (Å²) in [5.74, 6) is 0.946. The number of nitrogens with one attached hydrogen (secondary N) is 1. The van der Waals surface area contributed by atoms with Gasteiger partial charge in [-0.15, -0.1) is 5.10 Å². The highest BCUT2D eigenvalue weighted by Gasteiger charge is 2.37. The monoisotopic (exact) mass is 414 g/mol. The van der Waals surface area contributed by atoms with Crippen molar-refractivity contribution in [2.75, 3.05) is 11.4 Å². The molecule has 0 aliphatic carbocycles. The summed E-state index contributed by atoms with van der Waals surface area (Å²) < 4.78 is 11.3. The molecule has 6 nitrogen and oxygen atoms in total. The Balaban J connectivity index is 1.49. The number of anilines is 1. The van der Waals surface area contributed by atoms with E-state index in [0.29, 0.717) is 23.7 Å². The van der Waals surface area contributed by atoms with Gasteiger partial charge in [-0.1, -0.05) is 47.0 Å². The van der Waals surface area contributed by atoms with Gasteiger partial charge in [0.05, 0.1) is 6.26 Å². The number of benzene rings is 1. The quantitative estimate of drug-likeness (QED) is 0.644. The minimum Gasteiger partial charge on any atom is -0.459 e. The Bertz CT molecular complexity index is 982. The first-order valence-electron chi connectivity index (χ1n) is 9.31. The van der Waals surface area contributed by atoms with E-state index in [1.165, 1.54) is 12.8 Å². The van der Waals surface area contributed by atoms with Crippen LogP contribution < -0.4 is 10.2 Å². The zero-order valence-corrected chi connectivity index (χ0v) is 16.6. The van der Waals surface area contributed by atoms with E-state index >= 15 is 0 Å². The smallest absolute Gasteiger partial charge is 0.323 e. The molecule has 0 amide bonds. The van der Waals surface area contributed by atoms with E-state index in [0.717, 1.165) is 28.5 Å². The van der Waals surface area contributed by atoms with Gasteiger partial charge in [-0.3, -0.25) is 4.90 Å². The van der Waals surface area contributed by atoms with Crippen molar-refractivity contribution in [1.82, 2.24) is 15.5 Å². The molecule has 1 saturated heterocycles. The maximum Gasteiger partial charge on any atom is 0.323 e. The predicted molar refractivity (Wildman–Crippen MR) is 111 cm³/mol. The van der Waals surface area contributed by atoms with E-state index in [4.69, 9.17) is 20.4 Å². The van der Waals surface area contributed by atoms with Crippen molar-refractivity contribution in [2.45, 2.75) is 30.7 Å². The van der Waals surface area contributed by atoms with Crippen molar-refractivity contribution >= 4 is 34.3 Å². The highest BCUT2D eigenvalue weighted by atomic mass is 35.5. The standard InChI is InChI=1S/C20H19ClN4O2S/c21-14-6-3-5-13(11-14)17-12-25(19(28-17)15-7-1-2-9-22-15)20-24-23-18(27-20)16-8-4-10-26-16/h3-6,8,10-12,15,19,22H,1-2,7,9H2. The normalized spacial score (nSPS) is 22.5. The van der Waals surface area contributed by atoms with Crippen LogP contribution in [0.25, 0.3) is 16.6 Å². The lowest BCUT2D eigenvalue weighted by Gasteiger charge is -2.32. The number of hydrogen-bond acceptors (Lipinski definition) is 7. The van der Waals surface area contributed by atoms with Gasteiger partial charge in [0.25, 0.3) is 5.89 Å². The predicted octanol–water partition coefficient (Wildman–Crippen LogP) is 5.00. The van der Waals surface area contributed by atoms with E-state index in [1.54, 1.807) is 24.1 Å². The number of nitrogens with zero attached hydrogens (tertiary/aromatic N) is 3. The average molecular weight is 415 g/mol. The third-order valence-corrected chi connectivity index (χ3v) is 6.57. The summed E-state index contributed by atoms with van der Waals surface area (Å²) >= 11 is 8.01. The second-order valence-electron chi connectivity index (χ2n) is 6.84. The van der Waals surface area contributed by atoms with Gasteiger partial charge < -0.3 is 14.2 Å². The zero-order chi connectivity index (χ0) is 18.9. The molecule has 2 unspecified atom stereocenters. The first kappa shape index (κ1) is 17.8. The van der Waals surface area contributed by atoms with Crippen LogP contribution in [0.1, 0.15) is 24.8 Å². The van der Waals surface area contributed by atoms with Crippen LogP contribution in [-0.4, -0.2) is 28.2 Å². The van der Waals surface area contributed by atoms with Crippen LogP contribution in [0.5, 0.6) is 0 Å². The number of aromatic nitrogens is 2. The molecule has 0 radical (unpaired) electrons. The third kappa shape index (κ3) is 3.45. The SMILES string of the molecule is Clc1cccc(C2=CN(c3nnc(-c4ccco4)o3)C(C3CCCCN3)S2)c1. The lowest BCUT2D eigenvalue weighted by Crippen LogP contribution is -2.47. The van der Waals surface area contributed by atoms with Crippen LogP contribution >= 0.6 is 23.4 Å². The Morgan fingerprint density at radius 1 is 1.18 bits per heavy atom. The van der Waals surface area contributed by atoms with Gasteiger partial charge in [0.15, 0.2) is 5.76 Å². The maximum atomic E-state index is 6.21. The highest BCUT2D eigenvalue weighted by molar-refractivity contribution is 8.09. The molecule has 144 valence electrons. The van der Waals surface area contributed by atoms with Gasteiger partial charge in [0.1, 0.15) is 5.37 Å². The molecule has 2 aliphatic heterocycles. The molecule has 1 N–H and O–H groups in total. The lowest BCUT2D eigenvalue weighted by molar-refractivity contribution is 0.386. The summed E-state index contributed by atoms with van der Waals surface area (Å²) in [6.45, 7) is 1.03. The van der Waals surface area contributed by atoms with Gasteiger partial charge in [-0.2, -0.15) is 0 Å². The zero-order valence-electron chi connectivity index (χ0n) is 15.0. The minimum absolute atomic E-state index is 0.138. The van der Waals surface area contributed by atoms with Crippen molar-refractivity contribution in [1.29, 1.82) is 0 Å². The molecule has 0 saturated carbocycles. The molecule has 2 aromatic heterocycles. The van der Waals surface area contributed by atoms with Crippen LogP contribution in [0.2, 0.25) is 5.02 Å². The fourth-order valence-corrected chi connectivity index (χ4v) is 5.13. The molecule has 3 aromatic rings. The average Bonchev–Trinajstić information content (AvgIpc) is 3.48. The molecule has 5 rings (SSSR count). The summed E-state index contributed by atoms with van der Waals surface area (Å²) in [5.41, 5.74) is 1.09. The molecule has 1 fully saturated rings. The maximum absolute atomic E-state index is 6.21. The molecule has 2 aliphatic rings. The second-order valence-corrected chi connectivity index (χ2v) is 8.44. The Labute approximate surface area is 171 Å². The van der Waals surface area contributed by atoms with Gasteiger partial charge in [0.2, 0.25) is 0 Å². The summed E-state index contributed by atoms with van der Waals surface area (Å²) in [5, 5.41) is 13.0. The molecular formula is C20H19ClN4O2S. The molecule has 4 heterocycles.